The fraction of sp³-hybridized carbons (Fsp3) is 0.0526. The number of carbonyl (C=O) groups is 1. The maximum atomic E-state index is 14.5. The summed E-state index contributed by atoms with van der Waals surface area (Å²) in [5.74, 6) is -3.23. The topological polar surface area (TPSA) is 110 Å². The number of nitrogens with zero attached hydrogens (tertiary/aromatic N) is 3. The number of hydrogen-bond donors (Lipinski definition) is 2. The van der Waals surface area contributed by atoms with Gasteiger partial charge in [0.1, 0.15) is 18.2 Å². The average molecular weight is 433 g/mol. The zero-order valence-corrected chi connectivity index (χ0v) is 15.7. The van der Waals surface area contributed by atoms with E-state index in [1.54, 1.807) is 0 Å². The highest BCUT2D eigenvalue weighted by molar-refractivity contribution is 6.30. The van der Waals surface area contributed by atoms with E-state index in [2.05, 4.69) is 9.97 Å². The van der Waals surface area contributed by atoms with Crippen molar-refractivity contribution in [2.75, 3.05) is 0 Å². The Morgan fingerprint density at radius 1 is 1.13 bits per heavy atom. The summed E-state index contributed by atoms with van der Waals surface area (Å²) in [6, 6.07) is 8.93. The molecule has 0 unspecified atom stereocenters. The van der Waals surface area contributed by atoms with Gasteiger partial charge in [0.2, 0.25) is 0 Å². The maximum Gasteiger partial charge on any atom is 0.330 e. The molecule has 2 N–H and O–H groups in total. The van der Waals surface area contributed by atoms with Crippen molar-refractivity contribution in [3.05, 3.63) is 80.0 Å². The number of hydrogen-bond acceptors (Lipinski definition) is 4. The molecule has 2 aromatic carbocycles. The van der Waals surface area contributed by atoms with Gasteiger partial charge in [-0.15, -0.1) is 0 Å². The molecule has 2 heterocycles. The predicted molar refractivity (Wildman–Crippen MR) is 104 cm³/mol. The molecule has 2 aromatic heterocycles. The van der Waals surface area contributed by atoms with Gasteiger partial charge in [-0.2, -0.15) is 0 Å². The van der Waals surface area contributed by atoms with Gasteiger partial charge in [-0.1, -0.05) is 11.6 Å². The quantitative estimate of drug-likeness (QED) is 0.515. The Hall–Kier alpha value is -3.79. The number of carboxylic acid groups (broad SMARTS) is 1. The average Bonchev–Trinajstić information content (AvgIpc) is 3.04. The number of nitrogens with one attached hydrogen (secondary N) is 1. The van der Waals surface area contributed by atoms with E-state index in [0.717, 1.165) is 12.1 Å². The molecule has 8 nitrogen and oxygen atoms in total. The minimum Gasteiger partial charge on any atom is -0.480 e. The van der Waals surface area contributed by atoms with E-state index in [9.17, 15) is 23.2 Å². The number of aromatic amines is 1. The Balaban J connectivity index is 2.14. The number of aliphatic carboxylic acids is 1. The van der Waals surface area contributed by atoms with Crippen LogP contribution >= 0.6 is 11.6 Å². The van der Waals surface area contributed by atoms with Crippen molar-refractivity contribution < 1.29 is 18.7 Å². The molecule has 0 radical (unpaired) electrons. The lowest BCUT2D eigenvalue weighted by Crippen LogP contribution is -2.37. The molecule has 0 aliphatic carbocycles. The summed E-state index contributed by atoms with van der Waals surface area (Å²) in [7, 11) is 0. The zero-order chi connectivity index (χ0) is 21.6. The molecule has 0 fully saturated rings. The van der Waals surface area contributed by atoms with E-state index in [1.807, 2.05) is 0 Å². The second kappa shape index (κ2) is 7.23. The van der Waals surface area contributed by atoms with Crippen molar-refractivity contribution in [2.45, 2.75) is 6.54 Å². The first-order valence-corrected chi connectivity index (χ1v) is 8.83. The highest BCUT2D eigenvalue weighted by Gasteiger charge is 2.23. The van der Waals surface area contributed by atoms with Crippen LogP contribution in [0.25, 0.3) is 28.2 Å². The van der Waals surface area contributed by atoms with Crippen molar-refractivity contribution in [1.29, 1.82) is 0 Å². The molecule has 0 aliphatic rings. The van der Waals surface area contributed by atoms with Crippen LogP contribution in [-0.2, 0) is 11.3 Å². The molecule has 0 bridgehead atoms. The molecule has 152 valence electrons. The largest absolute Gasteiger partial charge is 0.480 e. The van der Waals surface area contributed by atoms with E-state index < -0.39 is 35.4 Å². The molecule has 0 amide bonds. The third-order valence-corrected chi connectivity index (χ3v) is 4.60. The van der Waals surface area contributed by atoms with Gasteiger partial charge in [0.15, 0.2) is 17.0 Å². The van der Waals surface area contributed by atoms with Gasteiger partial charge in [0, 0.05) is 16.8 Å². The molecule has 0 aliphatic heterocycles. The third-order valence-electron chi connectivity index (χ3n) is 4.35. The van der Waals surface area contributed by atoms with Crippen LogP contribution in [0.3, 0.4) is 0 Å². The lowest BCUT2D eigenvalue weighted by atomic mass is 10.2. The summed E-state index contributed by atoms with van der Waals surface area (Å²) >= 11 is 5.92. The van der Waals surface area contributed by atoms with Crippen LogP contribution in [0.15, 0.2) is 52.1 Å². The Labute approximate surface area is 170 Å². The van der Waals surface area contributed by atoms with Gasteiger partial charge in [-0.05, 0) is 36.4 Å². The lowest BCUT2D eigenvalue weighted by molar-refractivity contribution is -0.137. The summed E-state index contributed by atoms with van der Waals surface area (Å²) in [5.41, 5.74) is -2.08. The van der Waals surface area contributed by atoms with Crippen molar-refractivity contribution in [1.82, 2.24) is 19.1 Å². The first kappa shape index (κ1) is 19.5. The van der Waals surface area contributed by atoms with Gasteiger partial charge < -0.3 is 5.11 Å². The zero-order valence-electron chi connectivity index (χ0n) is 14.9. The van der Waals surface area contributed by atoms with Crippen LogP contribution in [0.5, 0.6) is 0 Å². The molecular formula is C19H11ClF2N4O4. The molecular weight excluding hydrogens is 422 g/mol. The highest BCUT2D eigenvalue weighted by atomic mass is 35.5. The Morgan fingerprint density at radius 3 is 2.47 bits per heavy atom. The van der Waals surface area contributed by atoms with Crippen molar-refractivity contribution in [3.63, 3.8) is 0 Å². The summed E-state index contributed by atoms with van der Waals surface area (Å²) < 4.78 is 29.6. The number of rotatable bonds is 4. The van der Waals surface area contributed by atoms with Crippen LogP contribution < -0.4 is 11.2 Å². The monoisotopic (exact) mass is 432 g/mol. The minimum atomic E-state index is -1.40. The minimum absolute atomic E-state index is 0.0920. The van der Waals surface area contributed by atoms with Crippen molar-refractivity contribution in [2.24, 2.45) is 0 Å². The maximum absolute atomic E-state index is 14.5. The standard InChI is InChI=1S/C19H11ClF2N4O4/c20-9-1-4-11(5-2-9)26-15-16(24-19(30)25(18(15)29)8-14(27)28)23-17(26)12-6-3-10(21)7-13(12)22/h1-7H,8H2,(H,24,30)(H,27,28). The summed E-state index contributed by atoms with van der Waals surface area (Å²) in [4.78, 5) is 42.7. The first-order valence-electron chi connectivity index (χ1n) is 8.45. The Bertz CT molecular complexity index is 1420. The first-order chi connectivity index (χ1) is 14.3. The normalized spacial score (nSPS) is 11.2. The van der Waals surface area contributed by atoms with Gasteiger partial charge in [0.05, 0.1) is 5.56 Å². The predicted octanol–water partition coefficient (Wildman–Crippen LogP) is 2.56. The number of halogens is 3. The van der Waals surface area contributed by atoms with Crippen LogP contribution in [0.4, 0.5) is 8.78 Å². The summed E-state index contributed by atoms with van der Waals surface area (Å²) in [6.07, 6.45) is 0. The van der Waals surface area contributed by atoms with Gasteiger partial charge in [-0.25, -0.2) is 23.1 Å². The Kier molecular flexibility index (Phi) is 4.70. The van der Waals surface area contributed by atoms with E-state index in [4.69, 9.17) is 16.7 Å². The number of H-pyrrole nitrogens is 1. The van der Waals surface area contributed by atoms with Gasteiger partial charge in [-0.3, -0.25) is 19.1 Å². The number of imidazole rings is 1. The molecule has 4 rings (SSSR count). The number of fused-ring (bicyclic) bond motifs is 1. The van der Waals surface area contributed by atoms with Gasteiger partial charge >= 0.3 is 11.7 Å². The van der Waals surface area contributed by atoms with E-state index in [0.29, 0.717) is 21.3 Å². The number of benzene rings is 2. The van der Waals surface area contributed by atoms with Crippen LogP contribution in [0.1, 0.15) is 0 Å². The molecule has 0 spiro atoms. The fourth-order valence-corrected chi connectivity index (χ4v) is 3.19. The lowest BCUT2D eigenvalue weighted by Gasteiger charge is -2.10. The third kappa shape index (κ3) is 3.26. The van der Waals surface area contributed by atoms with E-state index >= 15 is 0 Å². The number of carboxylic acids is 1. The number of aromatic nitrogens is 4. The smallest absolute Gasteiger partial charge is 0.330 e. The van der Waals surface area contributed by atoms with Gasteiger partial charge in [0.25, 0.3) is 5.56 Å². The summed E-state index contributed by atoms with van der Waals surface area (Å²) in [5, 5.41) is 9.41. The summed E-state index contributed by atoms with van der Waals surface area (Å²) in [6.45, 7) is -0.879. The Morgan fingerprint density at radius 2 is 1.83 bits per heavy atom. The van der Waals surface area contributed by atoms with Crippen molar-refractivity contribution in [3.8, 4) is 17.1 Å². The molecule has 11 heteroatoms. The van der Waals surface area contributed by atoms with Crippen molar-refractivity contribution >= 4 is 28.7 Å². The van der Waals surface area contributed by atoms with E-state index in [-0.39, 0.29) is 22.6 Å². The molecule has 0 atom stereocenters. The van der Waals surface area contributed by atoms with Crippen LogP contribution in [0.2, 0.25) is 5.02 Å². The molecule has 30 heavy (non-hydrogen) atoms. The molecule has 0 saturated carbocycles. The fourth-order valence-electron chi connectivity index (χ4n) is 3.07. The highest BCUT2D eigenvalue weighted by Crippen LogP contribution is 2.29. The second-order valence-electron chi connectivity index (χ2n) is 6.28. The SMILES string of the molecule is O=C(O)Cn1c(=O)[nH]c2nc(-c3ccc(F)cc3F)n(-c3ccc(Cl)cc3)c2c1=O. The van der Waals surface area contributed by atoms with E-state index in [1.165, 1.54) is 28.8 Å². The second-order valence-corrected chi connectivity index (χ2v) is 6.72. The van der Waals surface area contributed by atoms with Crippen LogP contribution in [-0.4, -0.2) is 30.2 Å². The molecule has 0 saturated heterocycles. The molecule has 4 aromatic rings. The van der Waals surface area contributed by atoms with Crippen LogP contribution in [0, 0.1) is 11.6 Å².